The molecular formula is C15H16N2O2. The molecule has 0 aliphatic rings. The summed E-state index contributed by atoms with van der Waals surface area (Å²) in [5.74, 6) is -0.365. The number of nitrogens with one attached hydrogen (secondary N) is 1. The Bertz CT molecular complexity index is 541. The number of nitrogens with zero attached hydrogens (tertiary/aromatic N) is 1. The average Bonchev–Trinajstić information content (AvgIpc) is 2.45. The summed E-state index contributed by atoms with van der Waals surface area (Å²) < 4.78 is 0. The average molecular weight is 256 g/mol. The molecule has 4 nitrogen and oxygen atoms in total. The smallest absolute Gasteiger partial charge is 0.255 e. The Morgan fingerprint density at radius 3 is 2.74 bits per heavy atom. The number of pyridine rings is 1. The minimum Gasteiger partial charge on any atom is -0.505 e. The molecule has 2 aromatic rings. The molecule has 0 radical (unpaired) electrons. The van der Waals surface area contributed by atoms with E-state index in [4.69, 9.17) is 0 Å². The second kappa shape index (κ2) is 6.54. The van der Waals surface area contributed by atoms with E-state index in [9.17, 15) is 9.90 Å². The summed E-state index contributed by atoms with van der Waals surface area (Å²) in [7, 11) is 0. The molecule has 4 heteroatoms. The van der Waals surface area contributed by atoms with Gasteiger partial charge >= 0.3 is 0 Å². The Morgan fingerprint density at radius 2 is 2.00 bits per heavy atom. The van der Waals surface area contributed by atoms with Gasteiger partial charge in [-0.15, -0.1) is 0 Å². The number of aromatic hydroxyl groups is 1. The fraction of sp³-hybridized carbons (Fsp3) is 0.200. The van der Waals surface area contributed by atoms with E-state index in [0.717, 1.165) is 12.8 Å². The molecule has 98 valence electrons. The quantitative estimate of drug-likeness (QED) is 0.806. The first-order chi connectivity index (χ1) is 9.27. The lowest BCUT2D eigenvalue weighted by atomic mass is 10.1. The minimum atomic E-state index is -0.270. The van der Waals surface area contributed by atoms with Crippen LogP contribution in [0, 0.1) is 0 Å². The maximum atomic E-state index is 11.8. The Kier molecular flexibility index (Phi) is 4.50. The van der Waals surface area contributed by atoms with Gasteiger partial charge in [-0.3, -0.25) is 9.78 Å². The summed E-state index contributed by atoms with van der Waals surface area (Å²) in [6, 6.07) is 11.6. The monoisotopic (exact) mass is 256 g/mol. The van der Waals surface area contributed by atoms with Gasteiger partial charge in [0.1, 0.15) is 5.75 Å². The first-order valence-electron chi connectivity index (χ1n) is 6.22. The van der Waals surface area contributed by atoms with Crippen molar-refractivity contribution in [3.8, 4) is 5.75 Å². The second-order valence-corrected chi connectivity index (χ2v) is 4.24. The Balaban J connectivity index is 1.77. The van der Waals surface area contributed by atoms with E-state index in [-0.39, 0.29) is 17.2 Å². The van der Waals surface area contributed by atoms with Crippen molar-refractivity contribution in [1.29, 1.82) is 0 Å². The van der Waals surface area contributed by atoms with Gasteiger partial charge in [-0.25, -0.2) is 0 Å². The predicted octanol–water partition coefficient (Wildman–Crippen LogP) is 2.15. The highest BCUT2D eigenvalue weighted by Gasteiger charge is 2.09. The third kappa shape index (κ3) is 3.81. The number of benzene rings is 1. The number of aromatic nitrogens is 1. The van der Waals surface area contributed by atoms with Crippen LogP contribution in [0.1, 0.15) is 22.3 Å². The molecular weight excluding hydrogens is 240 g/mol. The third-order valence-electron chi connectivity index (χ3n) is 2.82. The van der Waals surface area contributed by atoms with Crippen LogP contribution in [0.3, 0.4) is 0 Å². The highest BCUT2D eigenvalue weighted by molar-refractivity contribution is 5.96. The third-order valence-corrected chi connectivity index (χ3v) is 2.82. The predicted molar refractivity (Wildman–Crippen MR) is 73.0 cm³/mol. The highest BCUT2D eigenvalue weighted by atomic mass is 16.3. The lowest BCUT2D eigenvalue weighted by Crippen LogP contribution is -2.24. The first kappa shape index (κ1) is 13.1. The summed E-state index contributed by atoms with van der Waals surface area (Å²) in [6.07, 6.45) is 4.53. The van der Waals surface area contributed by atoms with Gasteiger partial charge in [-0.1, -0.05) is 30.3 Å². The minimum absolute atomic E-state index is 0.0944. The van der Waals surface area contributed by atoms with Gasteiger partial charge in [0.2, 0.25) is 0 Å². The van der Waals surface area contributed by atoms with Crippen molar-refractivity contribution in [2.45, 2.75) is 12.8 Å². The zero-order valence-electron chi connectivity index (χ0n) is 10.5. The van der Waals surface area contributed by atoms with Crippen LogP contribution in [-0.4, -0.2) is 22.5 Å². The fourth-order valence-corrected chi connectivity index (χ4v) is 1.81. The number of aryl methyl sites for hydroxylation is 1. The largest absolute Gasteiger partial charge is 0.505 e. The van der Waals surface area contributed by atoms with Crippen LogP contribution in [0.4, 0.5) is 0 Å². The number of carbonyl (C=O) groups is 1. The topological polar surface area (TPSA) is 62.2 Å². The summed E-state index contributed by atoms with van der Waals surface area (Å²) in [5, 5.41) is 12.3. The second-order valence-electron chi connectivity index (χ2n) is 4.24. The van der Waals surface area contributed by atoms with Gasteiger partial charge in [0.05, 0.1) is 11.8 Å². The number of carbonyl (C=O) groups excluding carboxylic acids is 1. The van der Waals surface area contributed by atoms with Crippen LogP contribution in [0.15, 0.2) is 48.8 Å². The Morgan fingerprint density at radius 1 is 1.21 bits per heavy atom. The number of amides is 1. The molecule has 2 N–H and O–H groups in total. The van der Waals surface area contributed by atoms with E-state index in [1.807, 2.05) is 18.2 Å². The summed E-state index contributed by atoms with van der Waals surface area (Å²) in [6.45, 7) is 0.579. The van der Waals surface area contributed by atoms with Crippen molar-refractivity contribution in [1.82, 2.24) is 10.3 Å². The number of hydrogen-bond donors (Lipinski definition) is 2. The maximum Gasteiger partial charge on any atom is 0.255 e. The van der Waals surface area contributed by atoms with Gasteiger partial charge in [0.15, 0.2) is 0 Å². The molecule has 0 aliphatic carbocycles. The molecule has 2 rings (SSSR count). The van der Waals surface area contributed by atoms with E-state index in [1.54, 1.807) is 0 Å². The van der Waals surface area contributed by atoms with E-state index >= 15 is 0 Å². The van der Waals surface area contributed by atoms with Crippen LogP contribution in [0.2, 0.25) is 0 Å². The molecule has 0 bridgehead atoms. The van der Waals surface area contributed by atoms with Crippen LogP contribution < -0.4 is 5.32 Å². The van der Waals surface area contributed by atoms with Crippen molar-refractivity contribution in [2.24, 2.45) is 0 Å². The van der Waals surface area contributed by atoms with Gasteiger partial charge in [-0.2, -0.15) is 0 Å². The number of rotatable bonds is 5. The van der Waals surface area contributed by atoms with Crippen LogP contribution >= 0.6 is 0 Å². The van der Waals surface area contributed by atoms with E-state index < -0.39 is 0 Å². The molecule has 0 fully saturated rings. The molecule has 0 saturated carbocycles. The lowest BCUT2D eigenvalue weighted by Gasteiger charge is -2.06. The van der Waals surface area contributed by atoms with E-state index in [0.29, 0.717) is 6.54 Å². The van der Waals surface area contributed by atoms with E-state index in [1.165, 1.54) is 24.0 Å². The van der Waals surface area contributed by atoms with E-state index in [2.05, 4.69) is 22.4 Å². The van der Waals surface area contributed by atoms with Crippen LogP contribution in [-0.2, 0) is 6.42 Å². The van der Waals surface area contributed by atoms with Gasteiger partial charge in [0, 0.05) is 12.7 Å². The van der Waals surface area contributed by atoms with Crippen molar-refractivity contribution >= 4 is 5.91 Å². The van der Waals surface area contributed by atoms with Gasteiger partial charge < -0.3 is 10.4 Å². The SMILES string of the molecule is O=C(NCCCc1ccccc1)c1ccncc1O. The molecule has 0 spiro atoms. The Labute approximate surface area is 112 Å². The molecule has 0 aliphatic heterocycles. The zero-order chi connectivity index (χ0) is 13.5. The van der Waals surface area contributed by atoms with Crippen LogP contribution in [0.5, 0.6) is 5.75 Å². The highest BCUT2D eigenvalue weighted by Crippen LogP contribution is 2.13. The van der Waals surface area contributed by atoms with Gasteiger partial charge in [-0.05, 0) is 24.5 Å². The number of hydrogen-bond acceptors (Lipinski definition) is 3. The molecule has 0 saturated heterocycles. The molecule has 0 atom stereocenters. The molecule has 0 unspecified atom stereocenters. The summed E-state index contributed by atoms with van der Waals surface area (Å²) >= 11 is 0. The van der Waals surface area contributed by atoms with Crippen LogP contribution in [0.25, 0.3) is 0 Å². The van der Waals surface area contributed by atoms with Crippen molar-refractivity contribution in [3.05, 3.63) is 59.9 Å². The first-order valence-corrected chi connectivity index (χ1v) is 6.22. The lowest BCUT2D eigenvalue weighted by molar-refractivity contribution is 0.0950. The summed E-state index contributed by atoms with van der Waals surface area (Å²) in [5.41, 5.74) is 1.51. The van der Waals surface area contributed by atoms with Crippen molar-refractivity contribution < 1.29 is 9.90 Å². The molecule has 1 heterocycles. The molecule has 1 amide bonds. The maximum absolute atomic E-state index is 11.8. The molecule has 1 aromatic carbocycles. The Hall–Kier alpha value is -2.36. The zero-order valence-corrected chi connectivity index (χ0v) is 10.5. The summed E-state index contributed by atoms with van der Waals surface area (Å²) in [4.78, 5) is 15.5. The van der Waals surface area contributed by atoms with Gasteiger partial charge in [0.25, 0.3) is 5.91 Å². The van der Waals surface area contributed by atoms with Crippen molar-refractivity contribution in [2.75, 3.05) is 6.54 Å². The standard InChI is InChI=1S/C15H16N2O2/c18-14-11-16-10-8-13(14)15(19)17-9-4-7-12-5-2-1-3-6-12/h1-3,5-6,8,10-11,18H,4,7,9H2,(H,17,19). The normalized spacial score (nSPS) is 10.1. The molecule has 1 aromatic heterocycles. The molecule has 19 heavy (non-hydrogen) atoms. The van der Waals surface area contributed by atoms with Crippen molar-refractivity contribution in [3.63, 3.8) is 0 Å². The fourth-order valence-electron chi connectivity index (χ4n) is 1.81.